The molecule has 7 heteroatoms. The highest BCUT2D eigenvalue weighted by Crippen LogP contribution is 2.31. The van der Waals surface area contributed by atoms with E-state index in [-0.39, 0.29) is 24.3 Å². The number of hydrogen-bond acceptors (Lipinski definition) is 4. The molecule has 1 N–H and O–H groups in total. The van der Waals surface area contributed by atoms with E-state index in [0.717, 1.165) is 28.9 Å². The summed E-state index contributed by atoms with van der Waals surface area (Å²) in [5.41, 5.74) is 2.90. The van der Waals surface area contributed by atoms with Gasteiger partial charge in [0.25, 0.3) is 0 Å². The van der Waals surface area contributed by atoms with Crippen molar-refractivity contribution in [2.24, 2.45) is 0 Å². The van der Waals surface area contributed by atoms with Crippen molar-refractivity contribution in [1.29, 1.82) is 0 Å². The molecule has 0 bridgehead atoms. The summed E-state index contributed by atoms with van der Waals surface area (Å²) in [5, 5.41) is 3.73. The molecule has 2 atom stereocenters. The molecular formula is C31H35ClN2O4. The van der Waals surface area contributed by atoms with Gasteiger partial charge < -0.3 is 19.7 Å². The first-order valence-corrected chi connectivity index (χ1v) is 13.6. The molecule has 1 aliphatic rings. The van der Waals surface area contributed by atoms with E-state index in [9.17, 15) is 9.59 Å². The second-order valence-electron chi connectivity index (χ2n) is 9.65. The number of amides is 2. The Morgan fingerprint density at radius 3 is 2.32 bits per heavy atom. The molecule has 2 amide bonds. The van der Waals surface area contributed by atoms with E-state index >= 15 is 0 Å². The van der Waals surface area contributed by atoms with Gasteiger partial charge >= 0.3 is 0 Å². The number of ether oxygens (including phenoxy) is 2. The smallest absolute Gasteiger partial charge is 0.243 e. The van der Waals surface area contributed by atoms with Gasteiger partial charge in [-0.3, -0.25) is 9.59 Å². The minimum Gasteiger partial charge on any atom is -0.486 e. The Hall–Kier alpha value is -3.51. The molecule has 4 rings (SSSR count). The lowest BCUT2D eigenvalue weighted by molar-refractivity contribution is -0.141. The SMILES string of the molecule is CC[C@H](C)NC(=O)[C@H](Cc1ccccc1)N(Cc1ccc(Cl)cc1)C(=O)CCc1ccc2c(c1)OCCO2. The maximum Gasteiger partial charge on any atom is 0.243 e. The van der Waals surface area contributed by atoms with Gasteiger partial charge in [0.05, 0.1) is 0 Å². The van der Waals surface area contributed by atoms with Crippen molar-refractivity contribution in [3.63, 3.8) is 0 Å². The van der Waals surface area contributed by atoms with Crippen molar-refractivity contribution in [1.82, 2.24) is 10.2 Å². The first-order valence-electron chi connectivity index (χ1n) is 13.2. The molecule has 1 aliphatic heterocycles. The molecule has 6 nitrogen and oxygen atoms in total. The van der Waals surface area contributed by atoms with E-state index in [1.807, 2.05) is 74.5 Å². The van der Waals surface area contributed by atoms with Gasteiger partial charge in [-0.25, -0.2) is 0 Å². The highest BCUT2D eigenvalue weighted by molar-refractivity contribution is 6.30. The number of rotatable bonds is 11. The van der Waals surface area contributed by atoms with Crippen LogP contribution in [0.5, 0.6) is 11.5 Å². The van der Waals surface area contributed by atoms with E-state index in [1.54, 1.807) is 17.0 Å². The second-order valence-corrected chi connectivity index (χ2v) is 10.1. The van der Waals surface area contributed by atoms with Crippen LogP contribution < -0.4 is 14.8 Å². The number of carbonyl (C=O) groups excluding carboxylic acids is 2. The zero-order chi connectivity index (χ0) is 26.9. The van der Waals surface area contributed by atoms with Gasteiger partial charge in [-0.1, -0.05) is 67.1 Å². The topological polar surface area (TPSA) is 67.9 Å². The number of aryl methyl sites for hydroxylation is 1. The molecule has 3 aromatic rings. The summed E-state index contributed by atoms with van der Waals surface area (Å²) in [6.45, 7) is 5.36. The third kappa shape index (κ3) is 7.51. The van der Waals surface area contributed by atoms with Gasteiger partial charge in [-0.05, 0) is 60.7 Å². The van der Waals surface area contributed by atoms with Crippen LogP contribution in [0.15, 0.2) is 72.8 Å². The molecule has 200 valence electrons. The van der Waals surface area contributed by atoms with Crippen molar-refractivity contribution in [3.8, 4) is 11.5 Å². The molecule has 0 aromatic heterocycles. The normalized spacial score (nSPS) is 13.9. The molecule has 38 heavy (non-hydrogen) atoms. The van der Waals surface area contributed by atoms with Gasteiger partial charge in [0.2, 0.25) is 11.8 Å². The number of benzene rings is 3. The Morgan fingerprint density at radius 2 is 1.61 bits per heavy atom. The zero-order valence-corrected chi connectivity index (χ0v) is 22.7. The highest BCUT2D eigenvalue weighted by atomic mass is 35.5. The maximum absolute atomic E-state index is 13.8. The first kappa shape index (κ1) is 27.5. The predicted octanol–water partition coefficient (Wildman–Crippen LogP) is 5.60. The summed E-state index contributed by atoms with van der Waals surface area (Å²) in [6.07, 6.45) is 2.01. The third-order valence-electron chi connectivity index (χ3n) is 6.77. The van der Waals surface area contributed by atoms with Gasteiger partial charge in [0.1, 0.15) is 19.3 Å². The Morgan fingerprint density at radius 1 is 0.921 bits per heavy atom. The Labute approximate surface area is 229 Å². The minimum atomic E-state index is -0.658. The lowest BCUT2D eigenvalue weighted by atomic mass is 10.0. The Kier molecular flexibility index (Phi) is 9.66. The lowest BCUT2D eigenvalue weighted by Gasteiger charge is -2.32. The predicted molar refractivity (Wildman–Crippen MR) is 150 cm³/mol. The van der Waals surface area contributed by atoms with Crippen LogP contribution in [0.4, 0.5) is 0 Å². The van der Waals surface area contributed by atoms with Gasteiger partial charge in [0.15, 0.2) is 11.5 Å². The Balaban J connectivity index is 1.59. The molecule has 0 fully saturated rings. The fourth-order valence-corrected chi connectivity index (χ4v) is 4.55. The average Bonchev–Trinajstić information content (AvgIpc) is 2.94. The van der Waals surface area contributed by atoms with Crippen LogP contribution in [0.25, 0.3) is 0 Å². The van der Waals surface area contributed by atoms with E-state index in [1.165, 1.54) is 0 Å². The van der Waals surface area contributed by atoms with Gasteiger partial charge in [0, 0.05) is 30.5 Å². The fourth-order valence-electron chi connectivity index (χ4n) is 4.42. The van der Waals surface area contributed by atoms with E-state index in [0.29, 0.717) is 43.4 Å². The van der Waals surface area contributed by atoms with Crippen LogP contribution >= 0.6 is 11.6 Å². The maximum atomic E-state index is 13.8. The average molecular weight is 535 g/mol. The number of fused-ring (bicyclic) bond motifs is 1. The number of carbonyl (C=O) groups is 2. The summed E-state index contributed by atoms with van der Waals surface area (Å²) in [6, 6.07) is 22.4. The number of hydrogen-bond donors (Lipinski definition) is 1. The van der Waals surface area contributed by atoms with Crippen LogP contribution in [-0.4, -0.2) is 42.0 Å². The monoisotopic (exact) mass is 534 g/mol. The standard InChI is InChI=1S/C31H35ClN2O4/c1-3-22(2)33-31(36)27(19-23-7-5-4-6-8-23)34(21-25-9-13-26(32)14-10-25)30(35)16-12-24-11-15-28-29(20-24)38-18-17-37-28/h4-11,13-15,20,22,27H,3,12,16-19,21H2,1-2H3,(H,33,36)/t22-,27-/m0/s1. The summed E-state index contributed by atoms with van der Waals surface area (Å²) in [4.78, 5) is 29.1. The largest absolute Gasteiger partial charge is 0.486 e. The van der Waals surface area contributed by atoms with Crippen molar-refractivity contribution >= 4 is 23.4 Å². The van der Waals surface area contributed by atoms with Crippen molar-refractivity contribution in [2.75, 3.05) is 13.2 Å². The molecule has 0 aliphatic carbocycles. The molecule has 0 radical (unpaired) electrons. The van der Waals surface area contributed by atoms with Crippen LogP contribution in [0.1, 0.15) is 43.4 Å². The van der Waals surface area contributed by atoms with Gasteiger partial charge in [-0.2, -0.15) is 0 Å². The summed E-state index contributed by atoms with van der Waals surface area (Å²) < 4.78 is 11.3. The zero-order valence-electron chi connectivity index (χ0n) is 22.0. The van der Waals surface area contributed by atoms with E-state index in [2.05, 4.69) is 5.32 Å². The summed E-state index contributed by atoms with van der Waals surface area (Å²) in [7, 11) is 0. The molecule has 1 heterocycles. The highest BCUT2D eigenvalue weighted by Gasteiger charge is 2.31. The molecule has 3 aromatic carbocycles. The molecular weight excluding hydrogens is 500 g/mol. The second kappa shape index (κ2) is 13.3. The molecule has 0 saturated heterocycles. The van der Waals surface area contributed by atoms with Gasteiger partial charge in [-0.15, -0.1) is 0 Å². The molecule has 0 unspecified atom stereocenters. The third-order valence-corrected chi connectivity index (χ3v) is 7.02. The van der Waals surface area contributed by atoms with Crippen LogP contribution in [0.2, 0.25) is 5.02 Å². The van der Waals surface area contributed by atoms with E-state index in [4.69, 9.17) is 21.1 Å². The number of nitrogens with one attached hydrogen (secondary N) is 1. The fraction of sp³-hybridized carbons (Fsp3) is 0.355. The number of halogens is 1. The van der Waals surface area contributed by atoms with Crippen LogP contribution in [0.3, 0.4) is 0 Å². The first-order chi connectivity index (χ1) is 18.4. The van der Waals surface area contributed by atoms with Crippen LogP contribution in [-0.2, 0) is 29.0 Å². The molecule has 0 saturated carbocycles. The summed E-state index contributed by atoms with van der Waals surface area (Å²) >= 11 is 6.11. The van der Waals surface area contributed by atoms with Crippen molar-refractivity contribution in [3.05, 3.63) is 94.5 Å². The molecule has 0 spiro atoms. The van der Waals surface area contributed by atoms with Crippen LogP contribution in [0, 0.1) is 0 Å². The number of nitrogens with zero attached hydrogens (tertiary/aromatic N) is 1. The van der Waals surface area contributed by atoms with Crippen molar-refractivity contribution in [2.45, 2.75) is 58.2 Å². The lowest BCUT2D eigenvalue weighted by Crippen LogP contribution is -2.52. The Bertz CT molecular complexity index is 1220. The van der Waals surface area contributed by atoms with Crippen molar-refractivity contribution < 1.29 is 19.1 Å². The van der Waals surface area contributed by atoms with E-state index < -0.39 is 6.04 Å². The quantitative estimate of drug-likeness (QED) is 0.348. The summed E-state index contributed by atoms with van der Waals surface area (Å²) in [5.74, 6) is 1.19. The minimum absolute atomic E-state index is 0.00553.